The second kappa shape index (κ2) is 15.9. The van der Waals surface area contributed by atoms with E-state index in [2.05, 4.69) is 23.1 Å². The van der Waals surface area contributed by atoms with E-state index in [9.17, 15) is 9.59 Å². The lowest BCUT2D eigenvalue weighted by molar-refractivity contribution is -0.137. The first-order chi connectivity index (χ1) is 18.0. The number of aliphatic carboxylic acids is 1. The van der Waals surface area contributed by atoms with Gasteiger partial charge in [0.2, 0.25) is 0 Å². The zero-order valence-corrected chi connectivity index (χ0v) is 21.8. The SMILES string of the molecule is O=C(O)CCCCC(C=Cc1ccccc1OCCCCCN1CCCC1)Cc1ccc(C(=O)O)cc1. The van der Waals surface area contributed by atoms with Crippen LogP contribution < -0.4 is 4.74 Å². The normalized spacial score (nSPS) is 14.7. The number of ether oxygens (including phenoxy) is 1. The third kappa shape index (κ3) is 10.8. The molecule has 0 amide bonds. The van der Waals surface area contributed by atoms with Gasteiger partial charge in [0, 0.05) is 12.0 Å². The summed E-state index contributed by atoms with van der Waals surface area (Å²) in [7, 11) is 0. The molecule has 1 unspecified atom stereocenters. The molecule has 6 heteroatoms. The Morgan fingerprint density at radius 3 is 2.41 bits per heavy atom. The highest BCUT2D eigenvalue weighted by atomic mass is 16.5. The fraction of sp³-hybridized carbons (Fsp3) is 0.484. The first-order valence-electron chi connectivity index (χ1n) is 13.7. The number of hydrogen-bond donors (Lipinski definition) is 2. The van der Waals surface area contributed by atoms with Gasteiger partial charge in [-0.3, -0.25) is 4.79 Å². The molecule has 0 spiro atoms. The molecule has 3 rings (SSSR count). The molecule has 0 aliphatic carbocycles. The standard InChI is InChI=1S/C31H41NO5/c33-30(34)13-5-2-10-25(24-26-15-18-28(19-16-26)31(35)36)14-17-27-11-3-4-12-29(27)37-23-9-1-6-20-32-21-7-8-22-32/h3-4,11-12,14-19,25H,1-2,5-10,13,20-24H2,(H,33,34)(H,35,36). The number of rotatable bonds is 17. The number of likely N-dealkylation sites (tertiary alicyclic amines) is 1. The number of carboxylic acid groups (broad SMARTS) is 2. The van der Waals surface area contributed by atoms with E-state index in [1.54, 1.807) is 12.1 Å². The Labute approximate surface area is 221 Å². The third-order valence-corrected chi connectivity index (χ3v) is 6.96. The van der Waals surface area contributed by atoms with E-state index in [0.717, 1.165) is 42.6 Å². The van der Waals surface area contributed by atoms with Gasteiger partial charge in [-0.05, 0) is 101 Å². The largest absolute Gasteiger partial charge is 0.493 e. The Hall–Kier alpha value is -3.12. The zero-order valence-electron chi connectivity index (χ0n) is 21.8. The molecular formula is C31H41NO5. The van der Waals surface area contributed by atoms with E-state index in [1.807, 2.05) is 30.3 Å². The molecule has 6 nitrogen and oxygen atoms in total. The van der Waals surface area contributed by atoms with Crippen molar-refractivity contribution in [3.8, 4) is 5.75 Å². The van der Waals surface area contributed by atoms with Crippen LogP contribution in [0.15, 0.2) is 54.6 Å². The molecule has 0 bridgehead atoms. The summed E-state index contributed by atoms with van der Waals surface area (Å²) in [5, 5.41) is 18.1. The Morgan fingerprint density at radius 2 is 1.68 bits per heavy atom. The molecule has 2 aromatic carbocycles. The number of hydrogen-bond acceptors (Lipinski definition) is 4. The van der Waals surface area contributed by atoms with Gasteiger partial charge in [-0.2, -0.15) is 0 Å². The summed E-state index contributed by atoms with van der Waals surface area (Å²) in [6, 6.07) is 15.1. The van der Waals surface area contributed by atoms with Crippen LogP contribution in [0.3, 0.4) is 0 Å². The molecule has 2 aromatic rings. The van der Waals surface area contributed by atoms with E-state index in [4.69, 9.17) is 14.9 Å². The minimum atomic E-state index is -0.931. The number of carboxylic acids is 2. The minimum absolute atomic E-state index is 0.179. The smallest absolute Gasteiger partial charge is 0.335 e. The van der Waals surface area contributed by atoms with Gasteiger partial charge in [-0.15, -0.1) is 0 Å². The number of allylic oxidation sites excluding steroid dienone is 1. The summed E-state index contributed by atoms with van der Waals surface area (Å²) in [5.41, 5.74) is 2.38. The Kier molecular flexibility index (Phi) is 12.2. The van der Waals surface area contributed by atoms with Crippen molar-refractivity contribution in [3.63, 3.8) is 0 Å². The first-order valence-corrected chi connectivity index (χ1v) is 13.7. The van der Waals surface area contributed by atoms with E-state index >= 15 is 0 Å². The van der Waals surface area contributed by atoms with E-state index in [0.29, 0.717) is 13.0 Å². The predicted molar refractivity (Wildman–Crippen MR) is 147 cm³/mol. The lowest BCUT2D eigenvalue weighted by Gasteiger charge is -2.15. The van der Waals surface area contributed by atoms with Crippen molar-refractivity contribution in [2.45, 2.75) is 64.2 Å². The van der Waals surface area contributed by atoms with E-state index in [1.165, 1.54) is 45.3 Å². The quantitative estimate of drug-likeness (QED) is 0.236. The maximum absolute atomic E-state index is 11.2. The fourth-order valence-electron chi connectivity index (χ4n) is 4.83. The van der Waals surface area contributed by atoms with Crippen LogP contribution in [0.1, 0.15) is 79.3 Å². The summed E-state index contributed by atoms with van der Waals surface area (Å²) in [5.74, 6) is -0.602. The second-order valence-corrected chi connectivity index (χ2v) is 9.96. The Bertz CT molecular complexity index is 995. The van der Waals surface area contributed by atoms with Crippen molar-refractivity contribution in [1.29, 1.82) is 0 Å². The third-order valence-electron chi connectivity index (χ3n) is 6.96. The van der Waals surface area contributed by atoms with Crippen LogP contribution in [0.5, 0.6) is 5.75 Å². The molecule has 0 radical (unpaired) electrons. The second-order valence-electron chi connectivity index (χ2n) is 9.96. The van der Waals surface area contributed by atoms with Crippen molar-refractivity contribution in [3.05, 3.63) is 71.3 Å². The molecule has 2 N–H and O–H groups in total. The number of aromatic carboxylic acids is 1. The number of unbranched alkanes of at least 4 members (excludes halogenated alkanes) is 3. The molecule has 1 saturated heterocycles. The van der Waals surface area contributed by atoms with Crippen LogP contribution in [0, 0.1) is 5.92 Å². The van der Waals surface area contributed by atoms with Crippen molar-refractivity contribution in [1.82, 2.24) is 4.90 Å². The van der Waals surface area contributed by atoms with Crippen LogP contribution in [-0.4, -0.2) is 53.3 Å². The van der Waals surface area contributed by atoms with Crippen LogP contribution in [0.4, 0.5) is 0 Å². The zero-order chi connectivity index (χ0) is 26.3. The lowest BCUT2D eigenvalue weighted by Crippen LogP contribution is -2.20. The first kappa shape index (κ1) is 28.5. The van der Waals surface area contributed by atoms with Gasteiger partial charge in [0.05, 0.1) is 12.2 Å². The summed E-state index contributed by atoms with van der Waals surface area (Å²) < 4.78 is 6.13. The molecular weight excluding hydrogens is 466 g/mol. The Morgan fingerprint density at radius 1 is 0.919 bits per heavy atom. The van der Waals surface area contributed by atoms with Gasteiger partial charge in [0.15, 0.2) is 0 Å². The molecule has 1 fully saturated rings. The highest BCUT2D eigenvalue weighted by molar-refractivity contribution is 5.87. The van der Waals surface area contributed by atoms with Crippen molar-refractivity contribution < 1.29 is 24.5 Å². The van der Waals surface area contributed by atoms with Crippen LogP contribution in [-0.2, 0) is 11.2 Å². The number of para-hydroxylation sites is 1. The number of benzene rings is 2. The average molecular weight is 508 g/mol. The minimum Gasteiger partial charge on any atom is -0.493 e. The van der Waals surface area contributed by atoms with Crippen molar-refractivity contribution in [2.24, 2.45) is 5.92 Å². The molecule has 37 heavy (non-hydrogen) atoms. The van der Waals surface area contributed by atoms with Gasteiger partial charge in [0.25, 0.3) is 0 Å². The Balaban J connectivity index is 1.55. The molecule has 1 aliphatic heterocycles. The lowest BCUT2D eigenvalue weighted by atomic mass is 9.92. The van der Waals surface area contributed by atoms with Crippen LogP contribution in [0.25, 0.3) is 6.08 Å². The summed E-state index contributed by atoms with van der Waals surface area (Å²) >= 11 is 0. The highest BCUT2D eigenvalue weighted by Gasteiger charge is 2.11. The summed E-state index contributed by atoms with van der Waals surface area (Å²) in [4.78, 5) is 24.6. The molecule has 200 valence electrons. The molecule has 0 aromatic heterocycles. The molecule has 0 saturated carbocycles. The fourth-order valence-corrected chi connectivity index (χ4v) is 4.83. The molecule has 1 atom stereocenters. The van der Waals surface area contributed by atoms with Crippen molar-refractivity contribution >= 4 is 18.0 Å². The van der Waals surface area contributed by atoms with E-state index in [-0.39, 0.29) is 17.9 Å². The predicted octanol–water partition coefficient (Wildman–Crippen LogP) is 6.55. The monoisotopic (exact) mass is 507 g/mol. The molecule has 1 aliphatic rings. The number of nitrogens with zero attached hydrogens (tertiary/aromatic N) is 1. The number of carbonyl (C=O) groups is 2. The summed E-state index contributed by atoms with van der Waals surface area (Å²) in [6.07, 6.45) is 13.7. The van der Waals surface area contributed by atoms with Gasteiger partial charge in [0.1, 0.15) is 5.75 Å². The van der Waals surface area contributed by atoms with Crippen LogP contribution >= 0.6 is 0 Å². The van der Waals surface area contributed by atoms with Crippen molar-refractivity contribution in [2.75, 3.05) is 26.2 Å². The maximum atomic E-state index is 11.2. The van der Waals surface area contributed by atoms with Gasteiger partial charge < -0.3 is 19.8 Å². The topological polar surface area (TPSA) is 87.1 Å². The van der Waals surface area contributed by atoms with E-state index < -0.39 is 11.9 Å². The highest BCUT2D eigenvalue weighted by Crippen LogP contribution is 2.24. The van der Waals surface area contributed by atoms with Gasteiger partial charge >= 0.3 is 11.9 Å². The van der Waals surface area contributed by atoms with Gasteiger partial charge in [-0.1, -0.05) is 48.9 Å². The maximum Gasteiger partial charge on any atom is 0.335 e. The van der Waals surface area contributed by atoms with Gasteiger partial charge in [-0.25, -0.2) is 4.79 Å². The molecule has 1 heterocycles. The average Bonchev–Trinajstić information content (AvgIpc) is 3.41. The summed E-state index contributed by atoms with van der Waals surface area (Å²) in [6.45, 7) is 4.42. The van der Waals surface area contributed by atoms with Crippen LogP contribution in [0.2, 0.25) is 0 Å².